The highest BCUT2D eigenvalue weighted by Crippen LogP contribution is 2.42. The summed E-state index contributed by atoms with van der Waals surface area (Å²) in [6.45, 7) is 2.14. The van der Waals surface area contributed by atoms with Crippen LogP contribution in [0.25, 0.3) is 27.5 Å². The molecule has 2 aromatic carbocycles. The normalized spacial score (nSPS) is 14.3. The fraction of sp³-hybridized carbons (Fsp3) is 0.227. The standard InChI is InChI=1S/C22H20N2O/c1-14-3-4-17-12-21(16-5-6-16)24-22(19(17)11-14)13-20(23-24)15-7-9-18(25-2)10-8-15/h3-4,7-13,16H,5-6H2,1-2H3. The van der Waals surface area contributed by atoms with Gasteiger partial charge in [0.1, 0.15) is 5.75 Å². The fourth-order valence-corrected chi connectivity index (χ4v) is 3.58. The second kappa shape index (κ2) is 5.35. The molecule has 3 nitrogen and oxygen atoms in total. The van der Waals surface area contributed by atoms with Gasteiger partial charge in [-0.2, -0.15) is 5.10 Å². The molecule has 1 aliphatic carbocycles. The van der Waals surface area contributed by atoms with Crippen molar-refractivity contribution in [1.82, 2.24) is 9.61 Å². The number of benzene rings is 2. The largest absolute Gasteiger partial charge is 0.497 e. The molecule has 0 atom stereocenters. The summed E-state index contributed by atoms with van der Waals surface area (Å²) in [4.78, 5) is 0. The molecular weight excluding hydrogens is 308 g/mol. The van der Waals surface area contributed by atoms with Crippen molar-refractivity contribution in [2.75, 3.05) is 7.11 Å². The topological polar surface area (TPSA) is 26.5 Å². The first-order chi connectivity index (χ1) is 12.2. The van der Waals surface area contributed by atoms with Gasteiger partial charge < -0.3 is 4.74 Å². The van der Waals surface area contributed by atoms with Crippen LogP contribution in [0, 0.1) is 6.92 Å². The first kappa shape index (κ1) is 14.5. The quantitative estimate of drug-likeness (QED) is 0.507. The minimum Gasteiger partial charge on any atom is -0.497 e. The lowest BCUT2D eigenvalue weighted by atomic mass is 10.0. The van der Waals surface area contributed by atoms with Gasteiger partial charge in [-0.3, -0.25) is 0 Å². The predicted molar refractivity (Wildman–Crippen MR) is 101 cm³/mol. The molecule has 2 heterocycles. The minimum atomic E-state index is 0.650. The van der Waals surface area contributed by atoms with Crippen LogP contribution in [0.1, 0.15) is 30.0 Å². The number of methoxy groups -OCH3 is 1. The van der Waals surface area contributed by atoms with Gasteiger partial charge in [0.25, 0.3) is 0 Å². The Bertz CT molecular complexity index is 1090. The van der Waals surface area contributed by atoms with Gasteiger partial charge >= 0.3 is 0 Å². The van der Waals surface area contributed by atoms with Crippen LogP contribution < -0.4 is 4.74 Å². The fourth-order valence-electron chi connectivity index (χ4n) is 3.58. The van der Waals surface area contributed by atoms with E-state index in [0.29, 0.717) is 5.92 Å². The third kappa shape index (κ3) is 2.39. The highest BCUT2D eigenvalue weighted by molar-refractivity contribution is 5.98. The molecule has 1 fully saturated rings. The Kier molecular flexibility index (Phi) is 3.11. The zero-order valence-electron chi connectivity index (χ0n) is 14.5. The summed E-state index contributed by atoms with van der Waals surface area (Å²) in [5.74, 6) is 1.52. The van der Waals surface area contributed by atoms with Crippen LogP contribution in [0.5, 0.6) is 5.75 Å². The Morgan fingerprint density at radius 3 is 2.52 bits per heavy atom. The lowest BCUT2D eigenvalue weighted by Crippen LogP contribution is -1.98. The Morgan fingerprint density at radius 1 is 1.00 bits per heavy atom. The number of pyridine rings is 1. The minimum absolute atomic E-state index is 0.650. The van der Waals surface area contributed by atoms with E-state index < -0.39 is 0 Å². The smallest absolute Gasteiger partial charge is 0.118 e. The van der Waals surface area contributed by atoms with Crippen molar-refractivity contribution >= 4 is 16.3 Å². The van der Waals surface area contributed by atoms with E-state index >= 15 is 0 Å². The number of hydrogen-bond donors (Lipinski definition) is 0. The van der Waals surface area contributed by atoms with Gasteiger partial charge in [-0.05, 0) is 67.6 Å². The van der Waals surface area contributed by atoms with E-state index in [9.17, 15) is 0 Å². The van der Waals surface area contributed by atoms with Gasteiger partial charge in [0.15, 0.2) is 0 Å². The van der Waals surface area contributed by atoms with Crippen molar-refractivity contribution in [3.8, 4) is 17.0 Å². The summed E-state index contributed by atoms with van der Waals surface area (Å²) < 4.78 is 7.43. The van der Waals surface area contributed by atoms with Crippen LogP contribution in [0.15, 0.2) is 54.6 Å². The number of aromatic nitrogens is 2. The van der Waals surface area contributed by atoms with Crippen molar-refractivity contribution in [1.29, 1.82) is 0 Å². The maximum absolute atomic E-state index is 5.27. The van der Waals surface area contributed by atoms with Crippen LogP contribution >= 0.6 is 0 Å². The Morgan fingerprint density at radius 2 is 1.80 bits per heavy atom. The maximum atomic E-state index is 5.27. The molecule has 0 bridgehead atoms. The molecule has 5 rings (SSSR count). The molecule has 1 saturated carbocycles. The summed E-state index contributed by atoms with van der Waals surface area (Å²) in [5.41, 5.74) is 5.95. The molecule has 0 spiro atoms. The van der Waals surface area contributed by atoms with Crippen molar-refractivity contribution in [3.63, 3.8) is 0 Å². The molecule has 2 aromatic heterocycles. The van der Waals surface area contributed by atoms with Crippen molar-refractivity contribution in [3.05, 3.63) is 65.9 Å². The zero-order chi connectivity index (χ0) is 17.0. The molecular formula is C22H20N2O. The average Bonchev–Trinajstić information content (AvgIpc) is 3.38. The molecule has 0 unspecified atom stereocenters. The Balaban J connectivity index is 1.77. The van der Waals surface area contributed by atoms with Crippen LogP contribution in [0.4, 0.5) is 0 Å². The SMILES string of the molecule is COc1ccc(-c2cc3c4cc(C)ccc4cc(C4CC4)n3n2)cc1. The number of rotatable bonds is 3. The van der Waals surface area contributed by atoms with Gasteiger partial charge in [0, 0.05) is 22.6 Å². The van der Waals surface area contributed by atoms with Crippen molar-refractivity contribution < 1.29 is 4.74 Å². The van der Waals surface area contributed by atoms with E-state index in [1.165, 1.54) is 40.4 Å². The Labute approximate surface area is 146 Å². The molecule has 0 aliphatic heterocycles. The summed E-state index contributed by atoms with van der Waals surface area (Å²) >= 11 is 0. The monoisotopic (exact) mass is 328 g/mol. The number of ether oxygens (including phenoxy) is 1. The Hall–Kier alpha value is -2.81. The molecule has 0 radical (unpaired) electrons. The molecule has 25 heavy (non-hydrogen) atoms. The first-order valence-corrected chi connectivity index (χ1v) is 8.80. The molecule has 0 amide bonds. The van der Waals surface area contributed by atoms with E-state index in [-0.39, 0.29) is 0 Å². The van der Waals surface area contributed by atoms with Gasteiger partial charge in [0.2, 0.25) is 0 Å². The van der Waals surface area contributed by atoms with E-state index in [2.05, 4.69) is 53.9 Å². The van der Waals surface area contributed by atoms with E-state index in [1.807, 2.05) is 12.1 Å². The van der Waals surface area contributed by atoms with E-state index in [0.717, 1.165) is 17.0 Å². The van der Waals surface area contributed by atoms with Gasteiger partial charge in [0.05, 0.1) is 18.3 Å². The second-order valence-corrected chi connectivity index (χ2v) is 6.99. The summed E-state index contributed by atoms with van der Waals surface area (Å²) in [6, 6.07) is 19.4. The zero-order valence-corrected chi connectivity index (χ0v) is 14.5. The lowest BCUT2D eigenvalue weighted by Gasteiger charge is -2.08. The number of hydrogen-bond acceptors (Lipinski definition) is 2. The number of nitrogens with zero attached hydrogens (tertiary/aromatic N) is 2. The van der Waals surface area contributed by atoms with Crippen molar-refractivity contribution in [2.24, 2.45) is 0 Å². The van der Waals surface area contributed by atoms with Crippen LogP contribution in [0.2, 0.25) is 0 Å². The van der Waals surface area contributed by atoms with Gasteiger partial charge in [-0.1, -0.05) is 17.7 Å². The second-order valence-electron chi connectivity index (χ2n) is 6.99. The summed E-state index contributed by atoms with van der Waals surface area (Å²) in [5, 5.41) is 7.54. The van der Waals surface area contributed by atoms with Crippen LogP contribution in [-0.2, 0) is 0 Å². The summed E-state index contributed by atoms with van der Waals surface area (Å²) in [7, 11) is 1.69. The van der Waals surface area contributed by atoms with Crippen LogP contribution in [-0.4, -0.2) is 16.7 Å². The highest BCUT2D eigenvalue weighted by atomic mass is 16.5. The molecule has 4 aromatic rings. The van der Waals surface area contributed by atoms with E-state index in [4.69, 9.17) is 9.84 Å². The molecule has 1 aliphatic rings. The average molecular weight is 328 g/mol. The third-order valence-electron chi connectivity index (χ3n) is 5.12. The highest BCUT2D eigenvalue weighted by Gasteiger charge is 2.27. The molecule has 0 saturated heterocycles. The molecule has 124 valence electrons. The number of fused-ring (bicyclic) bond motifs is 3. The van der Waals surface area contributed by atoms with E-state index in [1.54, 1.807) is 7.11 Å². The van der Waals surface area contributed by atoms with Crippen LogP contribution in [0.3, 0.4) is 0 Å². The number of aryl methyl sites for hydroxylation is 1. The predicted octanol–water partition coefficient (Wildman–Crippen LogP) is 5.35. The van der Waals surface area contributed by atoms with Crippen molar-refractivity contribution in [2.45, 2.75) is 25.7 Å². The third-order valence-corrected chi connectivity index (χ3v) is 5.12. The first-order valence-electron chi connectivity index (χ1n) is 8.80. The summed E-state index contributed by atoms with van der Waals surface area (Å²) in [6.07, 6.45) is 2.54. The molecule has 3 heteroatoms. The van der Waals surface area contributed by atoms with Gasteiger partial charge in [-0.25, -0.2) is 4.52 Å². The molecule has 0 N–H and O–H groups in total. The maximum Gasteiger partial charge on any atom is 0.118 e. The lowest BCUT2D eigenvalue weighted by molar-refractivity contribution is 0.415. The van der Waals surface area contributed by atoms with Gasteiger partial charge in [-0.15, -0.1) is 0 Å².